The Kier molecular flexibility index (Phi) is 4.27. The summed E-state index contributed by atoms with van der Waals surface area (Å²) in [5.74, 6) is 0. The van der Waals surface area contributed by atoms with Crippen molar-refractivity contribution in [3.63, 3.8) is 0 Å². The maximum absolute atomic E-state index is 10.2. The molecule has 18 heavy (non-hydrogen) atoms. The fourth-order valence-electron chi connectivity index (χ4n) is 1.78. The lowest BCUT2D eigenvalue weighted by molar-refractivity contribution is 0.179. The van der Waals surface area contributed by atoms with E-state index in [0.29, 0.717) is 6.42 Å². The van der Waals surface area contributed by atoms with Gasteiger partial charge in [-0.1, -0.05) is 23.7 Å². The zero-order chi connectivity index (χ0) is 13.1. The molecule has 2 nitrogen and oxygen atoms in total. The number of aliphatic hydroxyl groups is 1. The van der Waals surface area contributed by atoms with E-state index in [-0.39, 0.29) is 0 Å². The highest BCUT2D eigenvalue weighted by Gasteiger charge is 2.11. The molecule has 1 heterocycles. The lowest BCUT2D eigenvalue weighted by Crippen LogP contribution is -2.09. The van der Waals surface area contributed by atoms with Crippen molar-refractivity contribution in [3.05, 3.63) is 51.2 Å². The van der Waals surface area contributed by atoms with Crippen LogP contribution in [0.1, 0.15) is 16.5 Å². The maximum Gasteiger partial charge on any atom is 0.0931 e. The van der Waals surface area contributed by atoms with E-state index in [9.17, 15) is 5.11 Å². The quantitative estimate of drug-likeness (QED) is 0.923. The molecule has 0 radical (unpaired) electrons. The molecule has 1 atom stereocenters. The number of aliphatic hydroxyl groups excluding tert-OH is 1. The van der Waals surface area contributed by atoms with Crippen LogP contribution in [-0.4, -0.2) is 19.2 Å². The highest BCUT2D eigenvalue weighted by atomic mass is 35.5. The van der Waals surface area contributed by atoms with Crippen LogP contribution >= 0.6 is 22.9 Å². The Labute approximate surface area is 116 Å². The van der Waals surface area contributed by atoms with Gasteiger partial charge in [0.1, 0.15) is 0 Å². The van der Waals surface area contributed by atoms with Crippen LogP contribution in [0.25, 0.3) is 0 Å². The van der Waals surface area contributed by atoms with Crippen LogP contribution < -0.4 is 4.90 Å². The standard InChI is InChI=1S/C14H16ClNOS/c1-16(2)11-5-3-4-10(8-11)13(17)9-12-6-7-14(15)18-12/h3-8,13,17H,9H2,1-2H3. The zero-order valence-corrected chi connectivity index (χ0v) is 12.0. The minimum atomic E-state index is -0.486. The second kappa shape index (κ2) is 5.74. The van der Waals surface area contributed by atoms with Gasteiger partial charge in [-0.2, -0.15) is 0 Å². The third-order valence-electron chi connectivity index (χ3n) is 2.79. The Morgan fingerprint density at radius 3 is 2.67 bits per heavy atom. The van der Waals surface area contributed by atoms with Gasteiger partial charge >= 0.3 is 0 Å². The third-order valence-corrected chi connectivity index (χ3v) is 4.05. The molecule has 0 fully saturated rings. The molecule has 96 valence electrons. The predicted octanol–water partition coefficient (Wildman–Crippen LogP) is 3.74. The number of nitrogens with zero attached hydrogens (tertiary/aromatic N) is 1. The van der Waals surface area contributed by atoms with E-state index in [0.717, 1.165) is 20.5 Å². The average molecular weight is 282 g/mol. The molecule has 1 unspecified atom stereocenters. The van der Waals surface area contributed by atoms with Crippen LogP contribution in [0.3, 0.4) is 0 Å². The van der Waals surface area contributed by atoms with Gasteiger partial charge in [0.25, 0.3) is 0 Å². The molecule has 1 aromatic carbocycles. The topological polar surface area (TPSA) is 23.5 Å². The van der Waals surface area contributed by atoms with Gasteiger partial charge in [-0.3, -0.25) is 0 Å². The first-order valence-electron chi connectivity index (χ1n) is 5.76. The molecule has 2 aromatic rings. The normalized spacial score (nSPS) is 12.4. The molecule has 0 spiro atoms. The van der Waals surface area contributed by atoms with Crippen molar-refractivity contribution in [1.82, 2.24) is 0 Å². The molecule has 0 aliphatic heterocycles. The van der Waals surface area contributed by atoms with Crippen LogP contribution in [-0.2, 0) is 6.42 Å². The van der Waals surface area contributed by atoms with Gasteiger partial charge in [0.05, 0.1) is 10.4 Å². The van der Waals surface area contributed by atoms with Crippen molar-refractivity contribution in [3.8, 4) is 0 Å². The fraction of sp³-hybridized carbons (Fsp3) is 0.286. The van der Waals surface area contributed by atoms with E-state index < -0.39 is 6.10 Å². The molecule has 0 amide bonds. The number of anilines is 1. The van der Waals surface area contributed by atoms with E-state index in [1.807, 2.05) is 55.4 Å². The number of rotatable bonds is 4. The van der Waals surface area contributed by atoms with Crippen molar-refractivity contribution in [2.24, 2.45) is 0 Å². The summed E-state index contributed by atoms with van der Waals surface area (Å²) in [6.07, 6.45) is 0.119. The van der Waals surface area contributed by atoms with Crippen LogP contribution in [0.4, 0.5) is 5.69 Å². The number of benzene rings is 1. The average Bonchev–Trinajstić information content (AvgIpc) is 2.75. The van der Waals surface area contributed by atoms with Gasteiger partial charge in [0.15, 0.2) is 0 Å². The van der Waals surface area contributed by atoms with Crippen molar-refractivity contribution in [1.29, 1.82) is 0 Å². The van der Waals surface area contributed by atoms with Crippen LogP contribution in [0.2, 0.25) is 4.34 Å². The second-order valence-electron chi connectivity index (χ2n) is 4.42. The Hall–Kier alpha value is -1.03. The van der Waals surface area contributed by atoms with Gasteiger partial charge in [-0.15, -0.1) is 11.3 Å². The molecule has 1 aromatic heterocycles. The van der Waals surface area contributed by atoms with Crippen molar-refractivity contribution >= 4 is 28.6 Å². The lowest BCUT2D eigenvalue weighted by atomic mass is 10.0. The first-order valence-corrected chi connectivity index (χ1v) is 6.95. The number of hydrogen-bond acceptors (Lipinski definition) is 3. The smallest absolute Gasteiger partial charge is 0.0931 e. The minimum Gasteiger partial charge on any atom is -0.388 e. The van der Waals surface area contributed by atoms with Crippen LogP contribution in [0, 0.1) is 0 Å². The number of hydrogen-bond donors (Lipinski definition) is 1. The maximum atomic E-state index is 10.2. The first-order chi connectivity index (χ1) is 8.56. The van der Waals surface area contributed by atoms with Gasteiger partial charge < -0.3 is 10.0 Å². The summed E-state index contributed by atoms with van der Waals surface area (Å²) in [6.45, 7) is 0. The van der Waals surface area contributed by atoms with Gasteiger partial charge in [-0.25, -0.2) is 0 Å². The fourth-order valence-corrected chi connectivity index (χ4v) is 2.90. The molecular formula is C14H16ClNOS. The third kappa shape index (κ3) is 3.25. The SMILES string of the molecule is CN(C)c1cccc(C(O)Cc2ccc(Cl)s2)c1. The van der Waals surface area contributed by atoms with Gasteiger partial charge in [-0.05, 0) is 29.8 Å². The van der Waals surface area contributed by atoms with E-state index in [2.05, 4.69) is 0 Å². The van der Waals surface area contributed by atoms with E-state index >= 15 is 0 Å². The molecule has 0 aliphatic carbocycles. The van der Waals surface area contributed by atoms with E-state index in [4.69, 9.17) is 11.6 Å². The molecule has 0 aliphatic rings. The molecule has 0 saturated carbocycles. The molecule has 0 bridgehead atoms. The summed E-state index contributed by atoms with van der Waals surface area (Å²) in [7, 11) is 3.98. The zero-order valence-electron chi connectivity index (χ0n) is 10.4. The Balaban J connectivity index is 2.13. The molecular weight excluding hydrogens is 266 g/mol. The molecule has 1 N–H and O–H groups in total. The minimum absolute atomic E-state index is 0.486. The van der Waals surface area contributed by atoms with Crippen molar-refractivity contribution in [2.75, 3.05) is 19.0 Å². The Morgan fingerprint density at radius 2 is 2.06 bits per heavy atom. The monoisotopic (exact) mass is 281 g/mol. The summed E-state index contributed by atoms with van der Waals surface area (Å²) in [4.78, 5) is 3.13. The van der Waals surface area contributed by atoms with E-state index in [1.54, 1.807) is 0 Å². The van der Waals surface area contributed by atoms with Crippen molar-refractivity contribution in [2.45, 2.75) is 12.5 Å². The number of thiophene rings is 1. The van der Waals surface area contributed by atoms with E-state index in [1.165, 1.54) is 11.3 Å². The van der Waals surface area contributed by atoms with Crippen molar-refractivity contribution < 1.29 is 5.11 Å². The Bertz CT molecular complexity index is 524. The predicted molar refractivity (Wildman–Crippen MR) is 78.8 cm³/mol. The summed E-state index contributed by atoms with van der Waals surface area (Å²) in [5, 5.41) is 10.2. The first kappa shape index (κ1) is 13.4. The molecule has 4 heteroatoms. The summed E-state index contributed by atoms with van der Waals surface area (Å²) < 4.78 is 0.763. The number of halogens is 1. The highest BCUT2D eigenvalue weighted by molar-refractivity contribution is 7.16. The summed E-state index contributed by atoms with van der Waals surface area (Å²) in [6, 6.07) is 11.8. The highest BCUT2D eigenvalue weighted by Crippen LogP contribution is 2.27. The van der Waals surface area contributed by atoms with Crippen LogP contribution in [0.15, 0.2) is 36.4 Å². The largest absolute Gasteiger partial charge is 0.388 e. The Morgan fingerprint density at radius 1 is 1.28 bits per heavy atom. The van der Waals surface area contributed by atoms with Gasteiger partial charge in [0, 0.05) is 31.1 Å². The summed E-state index contributed by atoms with van der Waals surface area (Å²) >= 11 is 7.40. The summed E-state index contributed by atoms with van der Waals surface area (Å²) in [5.41, 5.74) is 2.03. The second-order valence-corrected chi connectivity index (χ2v) is 6.21. The molecule has 0 saturated heterocycles. The van der Waals surface area contributed by atoms with Gasteiger partial charge in [0.2, 0.25) is 0 Å². The lowest BCUT2D eigenvalue weighted by Gasteiger charge is -2.16. The molecule has 2 rings (SSSR count). The van der Waals surface area contributed by atoms with Crippen LogP contribution in [0.5, 0.6) is 0 Å².